The number of Topliss-reactive ketones (excluding diaryl/α,β-unsaturated/α-hetero) is 4. The molecule has 1 unspecified atom stereocenters. The summed E-state index contributed by atoms with van der Waals surface area (Å²) in [7, 11) is 3.40. The standard InChI is InChI=1S/C41H41NO16/c1-16-10-19-11-26(46)41(56-5)37(51)29-22(36(50)40(41,53)30(19)35(27(16)39(52)55-4)57-15-18-6-8-20(44)9-7-18)12-21-28(33(29)49)25(45)13-24(31(21)47)42-38-23(14-43)32(48)34(54-3)17(2)58-38/h6-10,12,17,23,26,32,34,38,43-44,46,48-49,53H,11,13-15H2,1-5H3/t17-,23+,26+,32-,34-,38?,40-,41+/m0/s1. The number of aryl methyl sites for hydroxylation is 1. The molecule has 306 valence electrons. The van der Waals surface area contributed by atoms with Crippen LogP contribution in [0.5, 0.6) is 17.2 Å². The zero-order chi connectivity index (χ0) is 42.2. The first-order valence-corrected chi connectivity index (χ1v) is 18.2. The minimum atomic E-state index is -3.21. The molecular formula is C41H41NO16. The summed E-state index contributed by atoms with van der Waals surface area (Å²) in [5.41, 5.74) is -9.08. The summed E-state index contributed by atoms with van der Waals surface area (Å²) >= 11 is 0. The van der Waals surface area contributed by atoms with Crippen molar-refractivity contribution in [2.24, 2.45) is 10.9 Å². The lowest BCUT2D eigenvalue weighted by atomic mass is 9.56. The van der Waals surface area contributed by atoms with Crippen LogP contribution in [0.25, 0.3) is 0 Å². The number of hydrogen-bond acceptors (Lipinski definition) is 17. The van der Waals surface area contributed by atoms with Crippen molar-refractivity contribution in [3.05, 3.63) is 86.5 Å². The number of methoxy groups -OCH3 is 3. The summed E-state index contributed by atoms with van der Waals surface area (Å²) in [6, 6.07) is 8.09. The molecule has 1 aliphatic heterocycles. The quantitative estimate of drug-likeness (QED) is 0.175. The van der Waals surface area contributed by atoms with Gasteiger partial charge in [0.2, 0.25) is 17.3 Å². The molecule has 0 radical (unpaired) electrons. The minimum absolute atomic E-state index is 0.0422. The van der Waals surface area contributed by atoms with Crippen molar-refractivity contribution in [3.63, 3.8) is 0 Å². The number of esters is 1. The fourth-order valence-corrected chi connectivity index (χ4v) is 8.81. The maximum atomic E-state index is 15.1. The van der Waals surface area contributed by atoms with E-state index in [1.165, 1.54) is 44.4 Å². The smallest absolute Gasteiger partial charge is 0.341 e. The van der Waals surface area contributed by atoms with Crippen LogP contribution in [0.2, 0.25) is 0 Å². The third-order valence-electron chi connectivity index (χ3n) is 11.6. The number of hydrogen-bond donors (Lipinski definition) is 6. The maximum absolute atomic E-state index is 15.1. The van der Waals surface area contributed by atoms with E-state index in [1.54, 1.807) is 6.92 Å². The van der Waals surface area contributed by atoms with Gasteiger partial charge in [-0.15, -0.1) is 0 Å². The summed E-state index contributed by atoms with van der Waals surface area (Å²) in [5, 5.41) is 67.2. The van der Waals surface area contributed by atoms with Gasteiger partial charge in [-0.25, -0.2) is 4.79 Å². The van der Waals surface area contributed by atoms with Gasteiger partial charge < -0.3 is 54.3 Å². The van der Waals surface area contributed by atoms with Crippen LogP contribution in [0.4, 0.5) is 0 Å². The molecule has 4 aliphatic rings. The summed E-state index contributed by atoms with van der Waals surface area (Å²) in [6.07, 6.45) is -7.30. The van der Waals surface area contributed by atoms with Crippen LogP contribution in [0.1, 0.15) is 87.4 Å². The van der Waals surface area contributed by atoms with Gasteiger partial charge in [0.25, 0.3) is 0 Å². The van der Waals surface area contributed by atoms with Crippen LogP contribution in [0.15, 0.2) is 41.4 Å². The number of carbonyl (C=O) groups is 5. The van der Waals surface area contributed by atoms with Gasteiger partial charge in [0.05, 0.1) is 61.2 Å². The fraction of sp³-hybridized carbons (Fsp3) is 0.415. The minimum Gasteiger partial charge on any atom is -0.508 e. The number of aromatic hydroxyl groups is 2. The van der Waals surface area contributed by atoms with Crippen molar-refractivity contribution in [1.82, 2.24) is 0 Å². The van der Waals surface area contributed by atoms with Crippen LogP contribution < -0.4 is 4.74 Å². The number of nitrogens with zero attached hydrogens (tertiary/aromatic N) is 1. The summed E-state index contributed by atoms with van der Waals surface area (Å²) in [4.78, 5) is 75.5. The van der Waals surface area contributed by atoms with E-state index < -0.39 is 141 Å². The Morgan fingerprint density at radius 2 is 1.67 bits per heavy atom. The Balaban J connectivity index is 1.42. The van der Waals surface area contributed by atoms with E-state index in [-0.39, 0.29) is 29.0 Å². The van der Waals surface area contributed by atoms with E-state index in [0.717, 1.165) is 20.3 Å². The third kappa shape index (κ3) is 5.71. The number of aliphatic hydroxyl groups is 4. The van der Waals surface area contributed by atoms with Crippen molar-refractivity contribution >= 4 is 34.8 Å². The zero-order valence-corrected chi connectivity index (χ0v) is 32.0. The SMILES string of the molecule is COC(=O)c1c(C)cc2c(c1OCc1ccc(O)cc1)[C@]1(O)C(=O)c3cc4c(c(O)c3C(=O)[C@]1(OC)[C@H](O)C2)C(=O)CC(=NC1O[C@@H](C)[C@H](OC)[C@@H](O)[C@H]1CO)C4=O. The second kappa shape index (κ2) is 14.8. The van der Waals surface area contributed by atoms with Crippen LogP contribution in [-0.4, -0.2) is 130 Å². The first-order chi connectivity index (χ1) is 27.5. The molecule has 3 aliphatic carbocycles. The van der Waals surface area contributed by atoms with Crippen molar-refractivity contribution in [1.29, 1.82) is 0 Å². The highest BCUT2D eigenvalue weighted by Gasteiger charge is 2.73. The molecule has 1 saturated heterocycles. The molecule has 17 nitrogen and oxygen atoms in total. The van der Waals surface area contributed by atoms with E-state index in [1.807, 2.05) is 0 Å². The van der Waals surface area contributed by atoms with Crippen molar-refractivity contribution in [2.45, 2.75) is 75.1 Å². The van der Waals surface area contributed by atoms with Gasteiger partial charge in [-0.05, 0) is 48.7 Å². The van der Waals surface area contributed by atoms with E-state index in [0.29, 0.717) is 5.56 Å². The normalized spacial score (nSPS) is 29.7. The summed E-state index contributed by atoms with van der Waals surface area (Å²) in [5.74, 6) is -8.06. The largest absolute Gasteiger partial charge is 0.508 e. The lowest BCUT2D eigenvalue weighted by molar-refractivity contribution is -0.206. The molecule has 8 atom stereocenters. The third-order valence-corrected chi connectivity index (χ3v) is 11.6. The van der Waals surface area contributed by atoms with Gasteiger partial charge in [-0.1, -0.05) is 18.2 Å². The van der Waals surface area contributed by atoms with E-state index in [9.17, 15) is 49.8 Å². The molecule has 0 aromatic heterocycles. The summed E-state index contributed by atoms with van der Waals surface area (Å²) < 4.78 is 28.1. The predicted molar refractivity (Wildman–Crippen MR) is 198 cm³/mol. The second-order valence-electron chi connectivity index (χ2n) is 14.8. The molecule has 1 heterocycles. The Morgan fingerprint density at radius 3 is 2.29 bits per heavy atom. The highest BCUT2D eigenvalue weighted by atomic mass is 16.6. The number of carbonyl (C=O) groups excluding carboxylic acids is 5. The lowest BCUT2D eigenvalue weighted by Crippen LogP contribution is -2.73. The highest BCUT2D eigenvalue weighted by molar-refractivity contribution is 6.53. The zero-order valence-electron chi connectivity index (χ0n) is 32.0. The maximum Gasteiger partial charge on any atom is 0.341 e. The molecular weight excluding hydrogens is 762 g/mol. The van der Waals surface area contributed by atoms with Crippen LogP contribution in [0, 0.1) is 12.8 Å². The van der Waals surface area contributed by atoms with Crippen molar-refractivity contribution in [2.75, 3.05) is 27.9 Å². The van der Waals surface area contributed by atoms with Crippen LogP contribution in [-0.2, 0) is 37.6 Å². The van der Waals surface area contributed by atoms with E-state index in [2.05, 4.69) is 4.99 Å². The Kier molecular flexibility index (Phi) is 10.4. The molecule has 6 N–H and O–H groups in total. The second-order valence-corrected chi connectivity index (χ2v) is 14.8. The lowest BCUT2D eigenvalue weighted by Gasteiger charge is -2.53. The number of phenols is 2. The van der Waals surface area contributed by atoms with Gasteiger partial charge in [-0.3, -0.25) is 24.2 Å². The predicted octanol–water partition coefficient (Wildman–Crippen LogP) is 1.28. The molecule has 58 heavy (non-hydrogen) atoms. The number of benzene rings is 3. The molecule has 17 heteroatoms. The average Bonchev–Trinajstić information content (AvgIpc) is 3.18. The topological polar surface area (TPSA) is 265 Å². The van der Waals surface area contributed by atoms with E-state index >= 15 is 4.79 Å². The molecule has 7 rings (SSSR count). The highest BCUT2D eigenvalue weighted by Crippen LogP contribution is 2.57. The molecule has 3 aromatic rings. The molecule has 0 saturated carbocycles. The molecule has 0 amide bonds. The van der Waals surface area contributed by atoms with E-state index in [4.69, 9.17) is 23.7 Å². The van der Waals surface area contributed by atoms with Gasteiger partial charge >= 0.3 is 5.97 Å². The van der Waals surface area contributed by atoms with Gasteiger partial charge in [-0.2, -0.15) is 0 Å². The number of aliphatic hydroxyl groups excluding tert-OH is 3. The average molecular weight is 804 g/mol. The number of rotatable bonds is 8. The van der Waals surface area contributed by atoms with Gasteiger partial charge in [0.15, 0.2) is 23.2 Å². The molecule has 0 bridgehead atoms. The molecule has 1 fully saturated rings. The number of aliphatic imine (C=N–C) groups is 1. The van der Waals surface area contributed by atoms with Crippen molar-refractivity contribution < 1.29 is 78.3 Å². The monoisotopic (exact) mass is 803 g/mol. The number of ether oxygens (including phenoxy) is 5. The molecule has 0 spiro atoms. The number of fused-ring (bicyclic) bond motifs is 5. The van der Waals surface area contributed by atoms with Gasteiger partial charge in [0, 0.05) is 37.3 Å². The number of ketones is 4. The number of phenolic OH excluding ortho intramolecular Hbond substituents is 2. The first kappa shape index (κ1) is 40.8. The molecule has 3 aromatic carbocycles. The Labute approximate surface area is 330 Å². The Bertz CT molecular complexity index is 2300. The Hall–Kier alpha value is -5.40. The van der Waals surface area contributed by atoms with Gasteiger partial charge in [0.1, 0.15) is 35.5 Å². The Morgan fingerprint density at radius 1 is 0.983 bits per heavy atom. The first-order valence-electron chi connectivity index (χ1n) is 18.2. The fourth-order valence-electron chi connectivity index (χ4n) is 8.81. The van der Waals surface area contributed by atoms with Crippen LogP contribution in [0.3, 0.4) is 0 Å². The van der Waals surface area contributed by atoms with Crippen molar-refractivity contribution in [3.8, 4) is 17.2 Å². The summed E-state index contributed by atoms with van der Waals surface area (Å²) in [6.45, 7) is 2.18. The van der Waals surface area contributed by atoms with Crippen LogP contribution >= 0.6 is 0 Å².